The number of hydrogen-bond donors (Lipinski definition) is 1. The lowest BCUT2D eigenvalue weighted by Crippen LogP contribution is -2.29. The lowest BCUT2D eigenvalue weighted by Gasteiger charge is -2.31. The van der Waals surface area contributed by atoms with Crippen LogP contribution in [0.15, 0.2) is 59.0 Å². The van der Waals surface area contributed by atoms with Crippen molar-refractivity contribution in [2.45, 2.75) is 65.1 Å². The SMILES string of the molecule is CCOCc1oc(-c2ccc(C)cc2)cc1C(Oc1ccc(C(=O)N(C)CCC(=O)O)cc1)C1CCCCC1. The topological polar surface area (TPSA) is 89.2 Å². The first-order valence-electron chi connectivity index (χ1n) is 13.9. The molecule has 2 aromatic carbocycles. The van der Waals surface area contributed by atoms with Crippen LogP contribution < -0.4 is 4.74 Å². The van der Waals surface area contributed by atoms with Gasteiger partial charge in [-0.05, 0) is 57.0 Å². The normalized spacial score (nSPS) is 14.6. The van der Waals surface area contributed by atoms with Crippen LogP contribution in [0.1, 0.15) is 78.8 Å². The highest BCUT2D eigenvalue weighted by molar-refractivity contribution is 5.94. The van der Waals surface area contributed by atoms with E-state index in [9.17, 15) is 9.59 Å². The van der Waals surface area contributed by atoms with E-state index < -0.39 is 5.97 Å². The van der Waals surface area contributed by atoms with Gasteiger partial charge in [0.15, 0.2) is 0 Å². The maximum atomic E-state index is 12.7. The Labute approximate surface area is 230 Å². The summed E-state index contributed by atoms with van der Waals surface area (Å²) in [6, 6.07) is 17.5. The van der Waals surface area contributed by atoms with E-state index >= 15 is 0 Å². The molecule has 7 heteroatoms. The first kappa shape index (κ1) is 28.4. The van der Waals surface area contributed by atoms with Gasteiger partial charge in [-0.25, -0.2) is 0 Å². The average molecular weight is 534 g/mol. The minimum atomic E-state index is -0.930. The molecule has 1 aliphatic rings. The van der Waals surface area contributed by atoms with E-state index in [4.69, 9.17) is 19.0 Å². The van der Waals surface area contributed by atoms with Crippen molar-refractivity contribution in [3.63, 3.8) is 0 Å². The molecule has 1 atom stereocenters. The zero-order chi connectivity index (χ0) is 27.8. The second-order valence-corrected chi connectivity index (χ2v) is 10.3. The standard InChI is InChI=1S/C32H39NO6/c1-4-37-21-29-27(20-28(39-29)23-12-10-22(2)11-13-23)31(24-8-6-5-7-9-24)38-26-16-14-25(15-17-26)32(36)33(3)19-18-30(34)35/h10-17,20,24,31H,4-9,18-19,21H2,1-3H3,(H,34,35). The average Bonchev–Trinajstić information content (AvgIpc) is 3.38. The molecule has 1 aromatic heterocycles. The van der Waals surface area contributed by atoms with Gasteiger partial charge in [0, 0.05) is 42.8 Å². The predicted octanol–water partition coefficient (Wildman–Crippen LogP) is 7.04. The third-order valence-corrected chi connectivity index (χ3v) is 7.37. The molecule has 1 fully saturated rings. The van der Waals surface area contributed by atoms with Gasteiger partial charge in [-0.2, -0.15) is 0 Å². The van der Waals surface area contributed by atoms with Crippen LogP contribution in [0.2, 0.25) is 0 Å². The smallest absolute Gasteiger partial charge is 0.305 e. The van der Waals surface area contributed by atoms with Crippen molar-refractivity contribution in [3.05, 3.63) is 77.0 Å². The summed E-state index contributed by atoms with van der Waals surface area (Å²) >= 11 is 0. The lowest BCUT2D eigenvalue weighted by molar-refractivity contribution is -0.137. The maximum Gasteiger partial charge on any atom is 0.305 e. The van der Waals surface area contributed by atoms with Crippen molar-refractivity contribution in [2.75, 3.05) is 20.2 Å². The van der Waals surface area contributed by atoms with Crippen molar-refractivity contribution >= 4 is 11.9 Å². The second kappa shape index (κ2) is 13.5. The highest BCUT2D eigenvalue weighted by Gasteiger charge is 2.31. The number of amides is 1. The fourth-order valence-electron chi connectivity index (χ4n) is 5.11. The first-order chi connectivity index (χ1) is 18.9. The zero-order valence-electron chi connectivity index (χ0n) is 23.2. The van der Waals surface area contributed by atoms with Crippen molar-refractivity contribution in [3.8, 4) is 17.1 Å². The van der Waals surface area contributed by atoms with Crippen LogP contribution in [0.3, 0.4) is 0 Å². The number of ether oxygens (including phenoxy) is 2. The molecule has 0 spiro atoms. The number of furan rings is 1. The van der Waals surface area contributed by atoms with E-state index in [1.165, 1.54) is 29.7 Å². The van der Waals surface area contributed by atoms with Gasteiger partial charge in [0.1, 0.15) is 30.0 Å². The predicted molar refractivity (Wildman–Crippen MR) is 150 cm³/mol. The van der Waals surface area contributed by atoms with Gasteiger partial charge in [-0.1, -0.05) is 49.1 Å². The number of aryl methyl sites for hydroxylation is 1. The number of carbonyl (C=O) groups excluding carboxylic acids is 1. The highest BCUT2D eigenvalue weighted by atomic mass is 16.5. The Kier molecular flexibility index (Phi) is 9.82. The van der Waals surface area contributed by atoms with Gasteiger partial charge in [-0.3, -0.25) is 9.59 Å². The van der Waals surface area contributed by atoms with Crippen LogP contribution in [0.5, 0.6) is 5.75 Å². The van der Waals surface area contributed by atoms with E-state index in [1.54, 1.807) is 19.2 Å². The Morgan fingerprint density at radius 2 is 1.74 bits per heavy atom. The van der Waals surface area contributed by atoms with E-state index in [-0.39, 0.29) is 25.0 Å². The molecule has 0 saturated heterocycles. The number of carboxylic acids is 1. The molecule has 0 radical (unpaired) electrons. The molecule has 3 aromatic rings. The molecule has 0 bridgehead atoms. The van der Waals surface area contributed by atoms with Gasteiger partial charge < -0.3 is 23.9 Å². The van der Waals surface area contributed by atoms with Gasteiger partial charge >= 0.3 is 5.97 Å². The fourth-order valence-corrected chi connectivity index (χ4v) is 5.11. The molecule has 1 aliphatic carbocycles. The third kappa shape index (κ3) is 7.51. The molecule has 4 rings (SSSR count). The molecule has 1 amide bonds. The molecule has 1 heterocycles. The van der Waals surface area contributed by atoms with Crippen LogP contribution in [-0.2, 0) is 16.1 Å². The van der Waals surface area contributed by atoms with Crippen molar-refractivity contribution in [1.29, 1.82) is 0 Å². The van der Waals surface area contributed by atoms with Crippen LogP contribution in [-0.4, -0.2) is 42.1 Å². The maximum absolute atomic E-state index is 12.7. The quantitative estimate of drug-likeness (QED) is 0.269. The van der Waals surface area contributed by atoms with Crippen LogP contribution >= 0.6 is 0 Å². The van der Waals surface area contributed by atoms with Gasteiger partial charge in [-0.15, -0.1) is 0 Å². The van der Waals surface area contributed by atoms with Gasteiger partial charge in [0.2, 0.25) is 0 Å². The van der Waals surface area contributed by atoms with Gasteiger partial charge in [0.05, 0.1) is 6.42 Å². The van der Waals surface area contributed by atoms with E-state index in [0.29, 0.717) is 30.4 Å². The van der Waals surface area contributed by atoms with E-state index in [2.05, 4.69) is 37.3 Å². The summed E-state index contributed by atoms with van der Waals surface area (Å²) in [4.78, 5) is 25.0. The largest absolute Gasteiger partial charge is 0.485 e. The molecule has 1 N–H and O–H groups in total. The number of nitrogens with zero attached hydrogens (tertiary/aromatic N) is 1. The molecular formula is C32H39NO6. The van der Waals surface area contributed by atoms with Crippen molar-refractivity contribution < 1.29 is 28.6 Å². The highest BCUT2D eigenvalue weighted by Crippen LogP contribution is 2.41. The summed E-state index contributed by atoms with van der Waals surface area (Å²) in [5.41, 5.74) is 3.71. The van der Waals surface area contributed by atoms with Crippen LogP contribution in [0, 0.1) is 12.8 Å². The number of aliphatic carboxylic acids is 1. The first-order valence-corrected chi connectivity index (χ1v) is 13.9. The zero-order valence-corrected chi connectivity index (χ0v) is 23.2. The van der Waals surface area contributed by atoms with Crippen LogP contribution in [0.25, 0.3) is 11.3 Å². The molecule has 1 unspecified atom stereocenters. The number of benzene rings is 2. The molecule has 39 heavy (non-hydrogen) atoms. The number of carboxylic acid groups (broad SMARTS) is 1. The molecule has 1 saturated carbocycles. The number of hydrogen-bond acceptors (Lipinski definition) is 5. The van der Waals surface area contributed by atoms with Crippen LogP contribution in [0.4, 0.5) is 0 Å². The minimum Gasteiger partial charge on any atom is -0.485 e. The number of carbonyl (C=O) groups is 2. The summed E-state index contributed by atoms with van der Waals surface area (Å²) in [6.45, 7) is 5.16. The third-order valence-electron chi connectivity index (χ3n) is 7.37. The Balaban J connectivity index is 1.61. The molecule has 208 valence electrons. The summed E-state index contributed by atoms with van der Waals surface area (Å²) in [5.74, 6) is 1.45. The summed E-state index contributed by atoms with van der Waals surface area (Å²) in [7, 11) is 1.61. The molecule has 0 aliphatic heterocycles. The van der Waals surface area contributed by atoms with Gasteiger partial charge in [0.25, 0.3) is 5.91 Å². The fraction of sp³-hybridized carbons (Fsp3) is 0.438. The summed E-state index contributed by atoms with van der Waals surface area (Å²) in [5, 5.41) is 8.91. The Hall–Kier alpha value is -3.58. The number of rotatable bonds is 12. The molecule has 7 nitrogen and oxygen atoms in total. The Morgan fingerprint density at radius 3 is 2.38 bits per heavy atom. The monoisotopic (exact) mass is 533 g/mol. The van der Waals surface area contributed by atoms with Crippen molar-refractivity contribution in [1.82, 2.24) is 4.90 Å². The second-order valence-electron chi connectivity index (χ2n) is 10.3. The Morgan fingerprint density at radius 1 is 1.05 bits per heavy atom. The minimum absolute atomic E-state index is 0.0914. The lowest BCUT2D eigenvalue weighted by atomic mass is 9.82. The van der Waals surface area contributed by atoms with Crippen molar-refractivity contribution in [2.24, 2.45) is 5.92 Å². The Bertz CT molecular complexity index is 1220. The van der Waals surface area contributed by atoms with E-state index in [0.717, 1.165) is 35.5 Å². The summed E-state index contributed by atoms with van der Waals surface area (Å²) < 4.78 is 18.8. The molecular weight excluding hydrogens is 494 g/mol. The van der Waals surface area contributed by atoms with E-state index in [1.807, 2.05) is 19.1 Å². The summed E-state index contributed by atoms with van der Waals surface area (Å²) in [6.07, 6.45) is 5.44.